The fourth-order valence-electron chi connectivity index (χ4n) is 1.94. The topological polar surface area (TPSA) is 38.0 Å². The molecule has 1 aromatic rings. The van der Waals surface area contributed by atoms with E-state index in [-0.39, 0.29) is 0 Å². The van der Waals surface area contributed by atoms with Gasteiger partial charge < -0.3 is 11.1 Å². The number of unbranched alkanes of at least 4 members (excludes halogenated alkanes) is 5. The molecule has 0 heterocycles. The Balaban J connectivity index is 2.28. The van der Waals surface area contributed by atoms with E-state index in [1.165, 1.54) is 38.5 Å². The molecule has 19 heavy (non-hydrogen) atoms. The minimum absolute atomic E-state index is 0.433. The molecule has 0 aromatic heterocycles. The lowest BCUT2D eigenvalue weighted by Crippen LogP contribution is -2.10. The van der Waals surface area contributed by atoms with E-state index in [4.69, 9.17) is 18.0 Å². The Hall–Kier alpha value is -0.610. The van der Waals surface area contributed by atoms with Crippen molar-refractivity contribution in [3.05, 3.63) is 28.2 Å². The summed E-state index contributed by atoms with van der Waals surface area (Å²) in [4.78, 5) is 0.433. The predicted molar refractivity (Wildman–Crippen MR) is 91.9 cm³/mol. The van der Waals surface area contributed by atoms with Gasteiger partial charge in [0.1, 0.15) is 4.99 Å². The third-order valence-corrected chi connectivity index (χ3v) is 3.99. The molecule has 0 amide bonds. The van der Waals surface area contributed by atoms with Gasteiger partial charge in [-0.2, -0.15) is 0 Å². The number of thiocarbonyl (C=S) groups is 1. The fraction of sp³-hybridized carbons (Fsp3) is 0.533. The second-order valence-corrected chi connectivity index (χ2v) is 6.05. The van der Waals surface area contributed by atoms with E-state index >= 15 is 0 Å². The van der Waals surface area contributed by atoms with Crippen LogP contribution in [-0.2, 0) is 0 Å². The molecule has 0 radical (unpaired) electrons. The highest BCUT2D eigenvalue weighted by molar-refractivity contribution is 9.10. The van der Waals surface area contributed by atoms with Gasteiger partial charge in [-0.15, -0.1) is 0 Å². The van der Waals surface area contributed by atoms with Gasteiger partial charge in [0, 0.05) is 22.3 Å². The molecule has 0 unspecified atom stereocenters. The third kappa shape index (κ3) is 6.39. The summed E-state index contributed by atoms with van der Waals surface area (Å²) in [5.41, 5.74) is 7.60. The van der Waals surface area contributed by atoms with Crippen LogP contribution < -0.4 is 11.1 Å². The highest BCUT2D eigenvalue weighted by Gasteiger charge is 2.02. The van der Waals surface area contributed by atoms with E-state index in [1.807, 2.05) is 18.2 Å². The molecule has 1 aromatic carbocycles. The van der Waals surface area contributed by atoms with Crippen LogP contribution in [0, 0.1) is 0 Å². The first kappa shape index (κ1) is 16.4. The SMILES string of the molecule is CCCCCCCCNc1ccc(C(N)=S)cc1Br. The molecule has 0 spiro atoms. The Morgan fingerprint density at radius 1 is 1.21 bits per heavy atom. The summed E-state index contributed by atoms with van der Waals surface area (Å²) >= 11 is 8.50. The molecule has 1 rings (SSSR count). The van der Waals surface area contributed by atoms with E-state index in [1.54, 1.807) is 0 Å². The molecule has 4 heteroatoms. The first-order valence-corrected chi connectivity index (χ1v) is 8.18. The van der Waals surface area contributed by atoms with Crippen molar-refractivity contribution in [2.45, 2.75) is 45.4 Å². The maximum absolute atomic E-state index is 5.60. The van der Waals surface area contributed by atoms with E-state index in [0.717, 1.165) is 22.3 Å². The number of rotatable bonds is 9. The van der Waals surface area contributed by atoms with Crippen LogP contribution >= 0.6 is 28.1 Å². The standard InChI is InChI=1S/C15H23BrN2S/c1-2-3-4-5-6-7-10-18-14-9-8-12(15(17)19)11-13(14)16/h8-9,11,18H,2-7,10H2,1H3,(H2,17,19). The number of anilines is 1. The predicted octanol–water partition coefficient (Wildman–Crippen LogP) is 4.86. The van der Waals surface area contributed by atoms with Gasteiger partial charge in [-0.3, -0.25) is 0 Å². The summed E-state index contributed by atoms with van der Waals surface area (Å²) in [5.74, 6) is 0. The van der Waals surface area contributed by atoms with Gasteiger partial charge in [-0.05, 0) is 40.5 Å². The van der Waals surface area contributed by atoms with Crippen LogP contribution in [0.1, 0.15) is 51.0 Å². The summed E-state index contributed by atoms with van der Waals surface area (Å²) in [6.45, 7) is 3.26. The number of hydrogen-bond acceptors (Lipinski definition) is 2. The lowest BCUT2D eigenvalue weighted by molar-refractivity contribution is 0.617. The normalized spacial score (nSPS) is 10.4. The van der Waals surface area contributed by atoms with Gasteiger partial charge in [0.05, 0.1) is 0 Å². The zero-order valence-corrected chi connectivity index (χ0v) is 13.9. The quantitative estimate of drug-likeness (QED) is 0.497. The fourth-order valence-corrected chi connectivity index (χ4v) is 2.59. The maximum atomic E-state index is 5.60. The van der Waals surface area contributed by atoms with Gasteiger partial charge in [0.25, 0.3) is 0 Å². The summed E-state index contributed by atoms with van der Waals surface area (Å²) in [5, 5.41) is 3.44. The number of hydrogen-bond donors (Lipinski definition) is 2. The van der Waals surface area contributed by atoms with Crippen LogP contribution in [0.5, 0.6) is 0 Å². The van der Waals surface area contributed by atoms with E-state index in [9.17, 15) is 0 Å². The number of nitrogens with one attached hydrogen (secondary N) is 1. The van der Waals surface area contributed by atoms with Crippen molar-refractivity contribution in [3.8, 4) is 0 Å². The summed E-state index contributed by atoms with van der Waals surface area (Å²) in [7, 11) is 0. The Bertz CT molecular complexity index is 407. The van der Waals surface area contributed by atoms with Crippen LogP contribution in [0.2, 0.25) is 0 Å². The van der Waals surface area contributed by atoms with Gasteiger partial charge in [0.15, 0.2) is 0 Å². The molecule has 3 N–H and O–H groups in total. The second-order valence-electron chi connectivity index (χ2n) is 4.75. The Morgan fingerprint density at radius 2 is 1.89 bits per heavy atom. The average molecular weight is 343 g/mol. The lowest BCUT2D eigenvalue weighted by atomic mass is 10.1. The molecule has 106 valence electrons. The minimum Gasteiger partial charge on any atom is -0.389 e. The van der Waals surface area contributed by atoms with E-state index in [0.29, 0.717) is 4.99 Å². The second kappa shape index (κ2) is 9.32. The van der Waals surface area contributed by atoms with Crippen molar-refractivity contribution in [1.82, 2.24) is 0 Å². The van der Waals surface area contributed by atoms with Gasteiger partial charge >= 0.3 is 0 Å². The van der Waals surface area contributed by atoms with Crippen LogP contribution in [0.25, 0.3) is 0 Å². The van der Waals surface area contributed by atoms with Crippen molar-refractivity contribution >= 4 is 38.8 Å². The minimum atomic E-state index is 0.433. The molecule has 0 bridgehead atoms. The van der Waals surface area contributed by atoms with Crippen molar-refractivity contribution in [2.75, 3.05) is 11.9 Å². The molecule has 0 saturated heterocycles. The van der Waals surface area contributed by atoms with Crippen LogP contribution in [0.3, 0.4) is 0 Å². The van der Waals surface area contributed by atoms with Crippen molar-refractivity contribution in [2.24, 2.45) is 5.73 Å². The maximum Gasteiger partial charge on any atom is 0.104 e. The Kier molecular flexibility index (Phi) is 8.07. The number of nitrogens with two attached hydrogens (primary N) is 1. The Labute approximate surface area is 130 Å². The molecule has 0 aliphatic rings. The average Bonchev–Trinajstić information content (AvgIpc) is 2.39. The van der Waals surface area contributed by atoms with Crippen molar-refractivity contribution in [1.29, 1.82) is 0 Å². The summed E-state index contributed by atoms with van der Waals surface area (Å²) < 4.78 is 1.02. The lowest BCUT2D eigenvalue weighted by Gasteiger charge is -2.09. The molecule has 0 saturated carbocycles. The molecular formula is C15H23BrN2S. The summed E-state index contributed by atoms with van der Waals surface area (Å²) in [6.07, 6.45) is 7.89. The largest absolute Gasteiger partial charge is 0.389 e. The molecule has 0 fully saturated rings. The molecule has 2 nitrogen and oxygen atoms in total. The zero-order chi connectivity index (χ0) is 14.1. The molecule has 0 atom stereocenters. The first-order chi connectivity index (χ1) is 9.15. The highest BCUT2D eigenvalue weighted by atomic mass is 79.9. The van der Waals surface area contributed by atoms with E-state index in [2.05, 4.69) is 28.2 Å². The van der Waals surface area contributed by atoms with Crippen LogP contribution in [0.15, 0.2) is 22.7 Å². The van der Waals surface area contributed by atoms with Crippen LogP contribution in [0.4, 0.5) is 5.69 Å². The zero-order valence-electron chi connectivity index (χ0n) is 11.5. The Morgan fingerprint density at radius 3 is 2.53 bits per heavy atom. The number of benzene rings is 1. The number of halogens is 1. The first-order valence-electron chi connectivity index (χ1n) is 6.98. The van der Waals surface area contributed by atoms with E-state index < -0.39 is 0 Å². The molecule has 0 aliphatic heterocycles. The molecule has 0 aliphatic carbocycles. The van der Waals surface area contributed by atoms with Crippen molar-refractivity contribution in [3.63, 3.8) is 0 Å². The van der Waals surface area contributed by atoms with Gasteiger partial charge in [-0.1, -0.05) is 51.2 Å². The third-order valence-electron chi connectivity index (χ3n) is 3.10. The van der Waals surface area contributed by atoms with Crippen LogP contribution in [-0.4, -0.2) is 11.5 Å². The van der Waals surface area contributed by atoms with Gasteiger partial charge in [-0.25, -0.2) is 0 Å². The van der Waals surface area contributed by atoms with Crippen molar-refractivity contribution < 1.29 is 0 Å². The van der Waals surface area contributed by atoms with Gasteiger partial charge in [0.2, 0.25) is 0 Å². The monoisotopic (exact) mass is 342 g/mol. The molecular weight excluding hydrogens is 320 g/mol. The summed E-state index contributed by atoms with van der Waals surface area (Å²) in [6, 6.07) is 5.94. The highest BCUT2D eigenvalue weighted by Crippen LogP contribution is 2.23. The smallest absolute Gasteiger partial charge is 0.104 e.